The molecule has 1 N–H and O–H groups in total. The van der Waals surface area contributed by atoms with Crippen LogP contribution in [-0.4, -0.2) is 24.2 Å². The first-order valence-electron chi connectivity index (χ1n) is 8.73. The Labute approximate surface area is 143 Å². The Hall–Kier alpha value is -1.91. The second kappa shape index (κ2) is 7.32. The molecule has 132 valence electrons. The fourth-order valence-corrected chi connectivity index (χ4v) is 3.95. The van der Waals surface area contributed by atoms with Gasteiger partial charge in [-0.25, -0.2) is 0 Å². The van der Waals surface area contributed by atoms with Crippen LogP contribution < -0.4 is 10.4 Å². The number of rotatable bonds is 6. The average Bonchev–Trinajstić information content (AvgIpc) is 2.57. The summed E-state index contributed by atoms with van der Waals surface area (Å²) in [5.41, 5.74) is 1.28. The summed E-state index contributed by atoms with van der Waals surface area (Å²) in [7, 11) is 0. The minimum Gasteiger partial charge on any atom is -0.550 e. The number of carboxylic acids is 1. The van der Waals surface area contributed by atoms with E-state index in [4.69, 9.17) is 0 Å². The van der Waals surface area contributed by atoms with Crippen molar-refractivity contribution < 1.29 is 19.5 Å². The Morgan fingerprint density at radius 3 is 2.46 bits per heavy atom. The Morgan fingerprint density at radius 2 is 1.92 bits per heavy atom. The van der Waals surface area contributed by atoms with Gasteiger partial charge in [-0.3, -0.25) is 9.59 Å². The topological polar surface area (TPSA) is 86.3 Å². The number of carbonyl (C=O) groups is 3. The number of Topliss-reactive ketones (excluding diaryl/α,β-unsaturated/α-hetero) is 1. The van der Waals surface area contributed by atoms with E-state index in [1.807, 2.05) is 12.2 Å². The summed E-state index contributed by atoms with van der Waals surface area (Å²) in [6.45, 7) is 4.89. The summed E-state index contributed by atoms with van der Waals surface area (Å²) in [4.78, 5) is 35.9. The lowest BCUT2D eigenvalue weighted by atomic mass is 9.61. The van der Waals surface area contributed by atoms with Gasteiger partial charge in [0, 0.05) is 37.7 Å². The number of hydrogen-bond acceptors (Lipinski definition) is 4. The van der Waals surface area contributed by atoms with Crippen molar-refractivity contribution in [1.29, 1.82) is 0 Å². The van der Waals surface area contributed by atoms with E-state index >= 15 is 0 Å². The fraction of sp³-hybridized carbons (Fsp3) is 0.632. The SMILES string of the molecule is CCC(=O)C1(CNC(C)=O)C=C2CCCCC2=CC1C(C)C(=O)[O-]. The monoisotopic (exact) mass is 332 g/mol. The number of amides is 1. The summed E-state index contributed by atoms with van der Waals surface area (Å²) in [5.74, 6) is -2.74. The van der Waals surface area contributed by atoms with Crippen LogP contribution in [0.25, 0.3) is 0 Å². The van der Waals surface area contributed by atoms with Crippen LogP contribution in [0.3, 0.4) is 0 Å². The summed E-state index contributed by atoms with van der Waals surface area (Å²) in [6, 6.07) is 0. The zero-order valence-corrected chi connectivity index (χ0v) is 14.7. The molecule has 5 nitrogen and oxygen atoms in total. The van der Waals surface area contributed by atoms with Crippen LogP contribution in [0, 0.1) is 17.3 Å². The van der Waals surface area contributed by atoms with Gasteiger partial charge in [0.2, 0.25) is 5.91 Å². The second-order valence-electron chi connectivity index (χ2n) is 6.93. The van der Waals surface area contributed by atoms with E-state index in [0.717, 1.165) is 36.8 Å². The molecule has 0 bridgehead atoms. The highest BCUT2D eigenvalue weighted by Crippen LogP contribution is 2.46. The van der Waals surface area contributed by atoms with Gasteiger partial charge in [-0.15, -0.1) is 0 Å². The molecule has 0 aromatic heterocycles. The lowest BCUT2D eigenvalue weighted by Gasteiger charge is -2.44. The molecule has 2 aliphatic carbocycles. The first kappa shape index (κ1) is 18.4. The Bertz CT molecular complexity index is 604. The molecule has 5 heteroatoms. The molecule has 1 saturated carbocycles. The van der Waals surface area contributed by atoms with Crippen molar-refractivity contribution in [2.75, 3.05) is 6.54 Å². The molecular weight excluding hydrogens is 306 g/mol. The molecule has 1 fully saturated rings. The maximum atomic E-state index is 12.9. The minimum absolute atomic E-state index is 0.0391. The van der Waals surface area contributed by atoms with Crippen LogP contribution in [-0.2, 0) is 14.4 Å². The van der Waals surface area contributed by atoms with Crippen molar-refractivity contribution in [2.45, 2.75) is 52.9 Å². The first-order valence-corrected chi connectivity index (χ1v) is 8.73. The van der Waals surface area contributed by atoms with Crippen molar-refractivity contribution in [2.24, 2.45) is 17.3 Å². The van der Waals surface area contributed by atoms with E-state index in [1.54, 1.807) is 13.8 Å². The van der Waals surface area contributed by atoms with Crippen LogP contribution in [0.2, 0.25) is 0 Å². The van der Waals surface area contributed by atoms with Gasteiger partial charge in [0.1, 0.15) is 5.78 Å². The molecule has 0 aromatic rings. The molecule has 0 spiro atoms. The van der Waals surface area contributed by atoms with Gasteiger partial charge in [-0.1, -0.05) is 26.0 Å². The van der Waals surface area contributed by atoms with Gasteiger partial charge in [0.15, 0.2) is 0 Å². The van der Waals surface area contributed by atoms with Gasteiger partial charge in [-0.05, 0) is 36.8 Å². The third kappa shape index (κ3) is 3.45. The third-order valence-corrected chi connectivity index (χ3v) is 5.34. The number of carboxylic acid groups (broad SMARTS) is 1. The molecular formula is C19H26NO4-. The maximum absolute atomic E-state index is 12.9. The molecule has 0 aromatic carbocycles. The van der Waals surface area contributed by atoms with Crippen molar-refractivity contribution in [1.82, 2.24) is 5.32 Å². The van der Waals surface area contributed by atoms with Gasteiger partial charge >= 0.3 is 0 Å². The highest BCUT2D eigenvalue weighted by Gasteiger charge is 2.47. The van der Waals surface area contributed by atoms with E-state index < -0.39 is 23.2 Å². The van der Waals surface area contributed by atoms with Gasteiger partial charge < -0.3 is 15.2 Å². The molecule has 0 aliphatic heterocycles. The maximum Gasteiger partial charge on any atom is 0.216 e. The zero-order valence-electron chi connectivity index (χ0n) is 14.7. The number of nitrogens with one attached hydrogen (secondary N) is 1. The number of aliphatic carboxylic acids is 1. The summed E-state index contributed by atoms with van der Waals surface area (Å²) in [5, 5.41) is 14.3. The normalized spacial score (nSPS) is 27.4. The van der Waals surface area contributed by atoms with Gasteiger partial charge in [-0.2, -0.15) is 0 Å². The van der Waals surface area contributed by atoms with E-state index in [9.17, 15) is 19.5 Å². The predicted octanol–water partition coefficient (Wildman–Crippen LogP) is 1.53. The molecule has 2 aliphatic rings. The van der Waals surface area contributed by atoms with E-state index in [-0.39, 0.29) is 18.2 Å². The number of carbonyl (C=O) groups excluding carboxylic acids is 3. The van der Waals surface area contributed by atoms with Crippen LogP contribution in [0.15, 0.2) is 23.3 Å². The summed E-state index contributed by atoms with van der Waals surface area (Å²) < 4.78 is 0. The molecule has 0 heterocycles. The molecule has 0 saturated heterocycles. The van der Waals surface area contributed by atoms with Crippen LogP contribution in [0.5, 0.6) is 0 Å². The highest BCUT2D eigenvalue weighted by molar-refractivity contribution is 5.90. The largest absolute Gasteiger partial charge is 0.550 e. The lowest BCUT2D eigenvalue weighted by Crippen LogP contribution is -2.52. The van der Waals surface area contributed by atoms with E-state index in [2.05, 4.69) is 5.32 Å². The average molecular weight is 332 g/mol. The van der Waals surface area contributed by atoms with E-state index in [0.29, 0.717) is 6.42 Å². The number of fused-ring (bicyclic) bond motifs is 1. The van der Waals surface area contributed by atoms with Gasteiger partial charge in [0.05, 0.1) is 5.41 Å². The minimum atomic E-state index is -1.17. The number of ketones is 1. The second-order valence-corrected chi connectivity index (χ2v) is 6.93. The van der Waals surface area contributed by atoms with Crippen molar-refractivity contribution in [3.63, 3.8) is 0 Å². The summed E-state index contributed by atoms with van der Waals surface area (Å²) >= 11 is 0. The highest BCUT2D eigenvalue weighted by atomic mass is 16.4. The quantitative estimate of drug-likeness (QED) is 0.799. The number of allylic oxidation sites excluding steroid dienone is 3. The molecule has 3 unspecified atom stereocenters. The zero-order chi connectivity index (χ0) is 17.9. The Kier molecular flexibility index (Phi) is 5.62. The van der Waals surface area contributed by atoms with Crippen molar-refractivity contribution >= 4 is 17.7 Å². The molecule has 24 heavy (non-hydrogen) atoms. The van der Waals surface area contributed by atoms with Crippen LogP contribution in [0.1, 0.15) is 52.9 Å². The van der Waals surface area contributed by atoms with E-state index in [1.165, 1.54) is 6.92 Å². The number of hydrogen-bond donors (Lipinski definition) is 1. The molecule has 1 amide bonds. The third-order valence-electron chi connectivity index (χ3n) is 5.34. The standard InChI is InChI=1S/C19H27NO4/c1-4-17(22)19(11-20-13(3)21)10-15-8-6-5-7-14(15)9-16(19)12(2)18(23)24/h9-10,12,16H,4-8,11H2,1-3H3,(H,20,21)(H,23,24)/p-1. The molecule has 0 radical (unpaired) electrons. The van der Waals surface area contributed by atoms with Crippen molar-refractivity contribution in [3.05, 3.63) is 23.3 Å². The Morgan fingerprint density at radius 1 is 1.29 bits per heavy atom. The lowest BCUT2D eigenvalue weighted by molar-refractivity contribution is -0.312. The molecule has 2 rings (SSSR count). The smallest absolute Gasteiger partial charge is 0.216 e. The van der Waals surface area contributed by atoms with Crippen LogP contribution in [0.4, 0.5) is 0 Å². The van der Waals surface area contributed by atoms with Gasteiger partial charge in [0.25, 0.3) is 0 Å². The molecule has 3 atom stereocenters. The van der Waals surface area contributed by atoms with Crippen LogP contribution >= 0.6 is 0 Å². The summed E-state index contributed by atoms with van der Waals surface area (Å²) in [6.07, 6.45) is 8.17. The Balaban J connectivity index is 2.53. The van der Waals surface area contributed by atoms with Crippen molar-refractivity contribution in [3.8, 4) is 0 Å². The first-order chi connectivity index (χ1) is 11.3. The predicted molar refractivity (Wildman–Crippen MR) is 88.7 cm³/mol. The fourth-order valence-electron chi connectivity index (χ4n) is 3.95.